The van der Waals surface area contributed by atoms with Crippen LogP contribution in [0.15, 0.2) is 42.5 Å². The van der Waals surface area contributed by atoms with Gasteiger partial charge in [0.2, 0.25) is 0 Å². The number of hydrogen-bond donors (Lipinski definition) is 1. The Kier molecular flexibility index (Phi) is 6.47. The Morgan fingerprint density at radius 3 is 2.47 bits per heavy atom. The van der Waals surface area contributed by atoms with Gasteiger partial charge in [-0.15, -0.1) is 0 Å². The first-order chi connectivity index (χ1) is 16.1. The van der Waals surface area contributed by atoms with Crippen LogP contribution < -0.4 is 0 Å². The first-order valence-corrected chi connectivity index (χ1v) is 12.2. The summed E-state index contributed by atoms with van der Waals surface area (Å²) in [5.41, 5.74) is 3.03. The SMILES string of the molecule is CCOCCN(C)C(=O)c1ccc(C(=O)N2CC[C@@]3(C)c4cccc(O)c4C[C@@H]2C3(C)C)cc1. The van der Waals surface area contributed by atoms with E-state index in [0.29, 0.717) is 49.6 Å². The van der Waals surface area contributed by atoms with Crippen molar-refractivity contribution in [2.75, 3.05) is 33.4 Å². The minimum absolute atomic E-state index is 0.0226. The number of piperidine rings is 1. The number of benzene rings is 2. The molecule has 0 unspecified atom stereocenters. The van der Waals surface area contributed by atoms with E-state index >= 15 is 0 Å². The van der Waals surface area contributed by atoms with Crippen molar-refractivity contribution in [1.29, 1.82) is 0 Å². The van der Waals surface area contributed by atoms with Crippen molar-refractivity contribution in [3.8, 4) is 5.75 Å². The van der Waals surface area contributed by atoms with Gasteiger partial charge in [0.15, 0.2) is 0 Å². The molecule has 2 amide bonds. The second-order valence-electron chi connectivity index (χ2n) is 10.3. The van der Waals surface area contributed by atoms with Crippen LogP contribution in [0.5, 0.6) is 5.75 Å². The largest absolute Gasteiger partial charge is 0.508 e. The van der Waals surface area contributed by atoms with E-state index in [1.54, 1.807) is 42.3 Å². The molecular weight excluding hydrogens is 428 g/mol. The highest BCUT2D eigenvalue weighted by Crippen LogP contribution is 2.57. The van der Waals surface area contributed by atoms with Gasteiger partial charge in [0.1, 0.15) is 5.75 Å². The monoisotopic (exact) mass is 464 g/mol. The Morgan fingerprint density at radius 1 is 1.12 bits per heavy atom. The molecule has 2 aliphatic rings. The highest BCUT2D eigenvalue weighted by Gasteiger charge is 2.57. The number of nitrogens with zero attached hydrogens (tertiary/aromatic N) is 2. The summed E-state index contributed by atoms with van der Waals surface area (Å²) in [6.07, 6.45) is 1.47. The van der Waals surface area contributed by atoms with Gasteiger partial charge in [-0.3, -0.25) is 9.59 Å². The second-order valence-corrected chi connectivity index (χ2v) is 10.3. The van der Waals surface area contributed by atoms with Crippen LogP contribution >= 0.6 is 0 Å². The second kappa shape index (κ2) is 9.06. The van der Waals surface area contributed by atoms with Crippen LogP contribution in [-0.4, -0.2) is 66.1 Å². The number of phenolic OH excluding ortho intramolecular Hbond substituents is 1. The molecule has 34 heavy (non-hydrogen) atoms. The Labute approximate surface area is 202 Å². The van der Waals surface area contributed by atoms with Gasteiger partial charge in [0.25, 0.3) is 11.8 Å². The number of ether oxygens (including phenoxy) is 1. The fourth-order valence-corrected chi connectivity index (χ4v) is 5.76. The highest BCUT2D eigenvalue weighted by molar-refractivity contribution is 5.98. The number of hydrogen-bond acceptors (Lipinski definition) is 4. The van der Waals surface area contributed by atoms with Gasteiger partial charge < -0.3 is 19.6 Å². The topological polar surface area (TPSA) is 70.1 Å². The Bertz CT molecular complexity index is 1080. The highest BCUT2D eigenvalue weighted by atomic mass is 16.5. The molecule has 2 bridgehead atoms. The predicted molar refractivity (Wildman–Crippen MR) is 132 cm³/mol. The first kappa shape index (κ1) is 24.3. The van der Waals surface area contributed by atoms with E-state index in [-0.39, 0.29) is 28.7 Å². The van der Waals surface area contributed by atoms with Crippen LogP contribution in [0, 0.1) is 5.41 Å². The van der Waals surface area contributed by atoms with Gasteiger partial charge in [0, 0.05) is 49.3 Å². The summed E-state index contributed by atoms with van der Waals surface area (Å²) in [6, 6.07) is 12.7. The number of likely N-dealkylation sites (tertiary alicyclic amines) is 1. The molecule has 0 spiro atoms. The predicted octanol–water partition coefficient (Wildman–Crippen LogP) is 4.26. The van der Waals surface area contributed by atoms with E-state index in [0.717, 1.165) is 12.0 Å². The number of fused-ring (bicyclic) bond motifs is 4. The maximum absolute atomic E-state index is 13.6. The van der Waals surface area contributed by atoms with Crippen molar-refractivity contribution in [1.82, 2.24) is 9.80 Å². The third-order valence-electron chi connectivity index (χ3n) is 8.39. The van der Waals surface area contributed by atoms with Crippen LogP contribution in [0.3, 0.4) is 0 Å². The van der Waals surface area contributed by atoms with Crippen molar-refractivity contribution in [3.05, 3.63) is 64.7 Å². The van der Waals surface area contributed by atoms with Crippen LogP contribution in [0.4, 0.5) is 0 Å². The maximum atomic E-state index is 13.6. The molecule has 1 aliphatic heterocycles. The summed E-state index contributed by atoms with van der Waals surface area (Å²) in [7, 11) is 1.75. The van der Waals surface area contributed by atoms with Gasteiger partial charge in [-0.05, 0) is 66.6 Å². The van der Waals surface area contributed by atoms with Gasteiger partial charge in [-0.1, -0.05) is 32.9 Å². The lowest BCUT2D eigenvalue weighted by atomic mass is 9.51. The van der Waals surface area contributed by atoms with E-state index in [1.165, 1.54) is 5.56 Å². The molecule has 1 fully saturated rings. The number of amides is 2. The molecule has 182 valence electrons. The molecule has 6 heteroatoms. The standard InChI is InChI=1S/C28H36N2O4/c1-6-34-17-16-29(5)25(32)19-10-12-20(13-11-19)26(33)30-15-14-28(4)22-8-7-9-23(31)21(22)18-24(30)27(28,2)3/h7-13,24,31H,6,14-18H2,1-5H3/t24-,28+/m1/s1. The minimum atomic E-state index is -0.152. The molecule has 0 aromatic heterocycles. The summed E-state index contributed by atoms with van der Waals surface area (Å²) in [6.45, 7) is 11.0. The molecule has 1 saturated heterocycles. The van der Waals surface area contributed by atoms with E-state index in [2.05, 4.69) is 26.8 Å². The number of aromatic hydroxyl groups is 1. The lowest BCUT2D eigenvalue weighted by molar-refractivity contribution is -0.0266. The zero-order valence-corrected chi connectivity index (χ0v) is 20.9. The van der Waals surface area contributed by atoms with E-state index < -0.39 is 0 Å². The normalized spacial score (nSPS) is 22.7. The third-order valence-corrected chi connectivity index (χ3v) is 8.39. The maximum Gasteiger partial charge on any atom is 0.254 e. The van der Waals surface area contributed by atoms with Gasteiger partial charge in [-0.25, -0.2) is 0 Å². The van der Waals surface area contributed by atoms with Crippen molar-refractivity contribution in [2.45, 2.75) is 52.0 Å². The van der Waals surface area contributed by atoms with E-state index in [1.807, 2.05) is 17.9 Å². The van der Waals surface area contributed by atoms with Gasteiger partial charge in [0.05, 0.1) is 6.61 Å². The van der Waals surface area contributed by atoms with Crippen molar-refractivity contribution >= 4 is 11.8 Å². The molecule has 1 N–H and O–H groups in total. The number of likely N-dealkylation sites (N-methyl/N-ethyl adjacent to an activating group) is 1. The Hall–Kier alpha value is -2.86. The van der Waals surface area contributed by atoms with Crippen molar-refractivity contribution < 1.29 is 19.4 Å². The molecule has 1 heterocycles. The fourth-order valence-electron chi connectivity index (χ4n) is 5.76. The van der Waals surface area contributed by atoms with Crippen LogP contribution in [0.1, 0.15) is 66.0 Å². The Balaban J connectivity index is 1.55. The number of carbonyl (C=O) groups is 2. The average molecular weight is 465 g/mol. The van der Waals surface area contributed by atoms with Crippen LogP contribution in [0.25, 0.3) is 0 Å². The molecule has 2 aromatic carbocycles. The quantitative estimate of drug-likeness (QED) is 0.649. The first-order valence-electron chi connectivity index (χ1n) is 12.2. The zero-order chi connectivity index (χ0) is 24.7. The summed E-state index contributed by atoms with van der Waals surface area (Å²) in [5, 5.41) is 10.6. The molecule has 0 radical (unpaired) electrons. The number of rotatable bonds is 6. The summed E-state index contributed by atoms with van der Waals surface area (Å²) in [5.74, 6) is 0.200. The molecule has 2 atom stereocenters. The minimum Gasteiger partial charge on any atom is -0.508 e. The number of phenols is 1. The lowest BCUT2D eigenvalue weighted by Crippen LogP contribution is -2.64. The molecule has 6 nitrogen and oxygen atoms in total. The molecule has 2 aromatic rings. The van der Waals surface area contributed by atoms with Crippen molar-refractivity contribution in [3.63, 3.8) is 0 Å². The van der Waals surface area contributed by atoms with Gasteiger partial charge >= 0.3 is 0 Å². The lowest BCUT2D eigenvalue weighted by Gasteiger charge is -2.60. The summed E-state index contributed by atoms with van der Waals surface area (Å²) < 4.78 is 5.33. The zero-order valence-electron chi connectivity index (χ0n) is 20.9. The fraction of sp³-hybridized carbons (Fsp3) is 0.500. The Morgan fingerprint density at radius 2 is 1.79 bits per heavy atom. The third kappa shape index (κ3) is 3.88. The summed E-state index contributed by atoms with van der Waals surface area (Å²) >= 11 is 0. The average Bonchev–Trinajstić information content (AvgIpc) is 2.81. The summed E-state index contributed by atoms with van der Waals surface area (Å²) in [4.78, 5) is 29.9. The molecule has 4 rings (SSSR count). The molecule has 0 saturated carbocycles. The molecular formula is C28H36N2O4. The van der Waals surface area contributed by atoms with Crippen LogP contribution in [-0.2, 0) is 16.6 Å². The molecule has 1 aliphatic carbocycles. The van der Waals surface area contributed by atoms with Crippen molar-refractivity contribution in [2.24, 2.45) is 5.41 Å². The van der Waals surface area contributed by atoms with Gasteiger partial charge in [-0.2, -0.15) is 0 Å². The van der Waals surface area contributed by atoms with E-state index in [4.69, 9.17) is 4.74 Å². The number of carbonyl (C=O) groups excluding carboxylic acids is 2. The van der Waals surface area contributed by atoms with E-state index in [9.17, 15) is 14.7 Å². The van der Waals surface area contributed by atoms with Crippen LogP contribution in [0.2, 0.25) is 0 Å². The smallest absolute Gasteiger partial charge is 0.254 e.